The molecule has 1 aliphatic heterocycles. The summed E-state index contributed by atoms with van der Waals surface area (Å²) in [5.74, 6) is 0.764. The lowest BCUT2D eigenvalue weighted by Crippen LogP contribution is -2.17. The topological polar surface area (TPSA) is 63.3 Å². The quantitative estimate of drug-likeness (QED) is 0.344. The van der Waals surface area contributed by atoms with E-state index in [4.69, 9.17) is 26.2 Å². The first-order valence-electron chi connectivity index (χ1n) is 7.95. The molecule has 2 aromatic heterocycles. The van der Waals surface area contributed by atoms with Crippen LogP contribution in [-0.2, 0) is 21.0 Å². The number of hydrogen-bond donors (Lipinski definition) is 0. The van der Waals surface area contributed by atoms with Crippen molar-refractivity contribution in [1.82, 2.24) is 19.1 Å². The van der Waals surface area contributed by atoms with Crippen molar-refractivity contribution in [3.8, 4) is 0 Å². The third-order valence-electron chi connectivity index (χ3n) is 4.74. The molecule has 1 aliphatic rings. The molecular weight excluding hydrogens is 348 g/mol. The number of nitrogens with zero attached hydrogens (tertiary/aromatic N) is 4. The van der Waals surface area contributed by atoms with E-state index in [1.807, 2.05) is 11.6 Å². The van der Waals surface area contributed by atoms with Crippen molar-refractivity contribution in [2.24, 2.45) is 18.9 Å². The fourth-order valence-electron chi connectivity index (χ4n) is 3.17. The number of imidazole rings is 1. The Labute approximate surface area is 150 Å². The van der Waals surface area contributed by atoms with Crippen LogP contribution in [0, 0.1) is 16.5 Å². The molecule has 0 radical (unpaired) electrons. The fourth-order valence-corrected chi connectivity index (χ4v) is 3.89. The van der Waals surface area contributed by atoms with E-state index in [1.54, 1.807) is 10.9 Å². The zero-order valence-corrected chi connectivity index (χ0v) is 16.1. The summed E-state index contributed by atoms with van der Waals surface area (Å²) in [5, 5.41) is 0.623. The summed E-state index contributed by atoms with van der Waals surface area (Å²) >= 11 is 6.52. The minimum absolute atomic E-state index is 0.160. The minimum Gasteiger partial charge on any atom is -0.354 e. The SMILES string of the molecule is CC[C@H]1O[C@@H](n2c(SOOC)nc3c(=S)n(C)cnc32)[C@H](C)[C@@H]1C. The smallest absolute Gasteiger partial charge is 0.203 e. The molecule has 1 saturated heterocycles. The van der Waals surface area contributed by atoms with Gasteiger partial charge in [-0.05, 0) is 12.3 Å². The lowest BCUT2D eigenvalue weighted by Gasteiger charge is -2.20. The highest BCUT2D eigenvalue weighted by atomic mass is 32.2. The molecule has 0 saturated carbocycles. The number of ether oxygens (including phenoxy) is 1. The Morgan fingerprint density at radius 1 is 1.38 bits per heavy atom. The molecule has 132 valence electrons. The van der Waals surface area contributed by atoms with Crippen molar-refractivity contribution in [2.75, 3.05) is 7.11 Å². The van der Waals surface area contributed by atoms with Gasteiger partial charge in [0.15, 0.2) is 5.65 Å². The molecule has 3 rings (SSSR count). The van der Waals surface area contributed by atoms with Crippen molar-refractivity contribution < 1.29 is 14.0 Å². The third kappa shape index (κ3) is 2.88. The fraction of sp³-hybridized carbons (Fsp3) is 0.667. The first kappa shape index (κ1) is 17.8. The van der Waals surface area contributed by atoms with Gasteiger partial charge >= 0.3 is 0 Å². The van der Waals surface area contributed by atoms with E-state index < -0.39 is 0 Å². The Balaban J connectivity index is 2.14. The summed E-state index contributed by atoms with van der Waals surface area (Å²) in [6, 6.07) is 0. The second-order valence-corrected chi connectivity index (χ2v) is 7.16. The lowest BCUT2D eigenvalue weighted by atomic mass is 9.91. The van der Waals surface area contributed by atoms with Crippen LogP contribution >= 0.6 is 24.3 Å². The molecule has 0 aliphatic carbocycles. The van der Waals surface area contributed by atoms with Crippen LogP contribution in [0.3, 0.4) is 0 Å². The second kappa shape index (κ2) is 7.09. The van der Waals surface area contributed by atoms with E-state index >= 15 is 0 Å². The van der Waals surface area contributed by atoms with Crippen LogP contribution in [0.2, 0.25) is 0 Å². The average Bonchev–Trinajstić information content (AvgIpc) is 3.08. The minimum atomic E-state index is -0.160. The van der Waals surface area contributed by atoms with Gasteiger partial charge in [0.05, 0.1) is 19.5 Å². The van der Waals surface area contributed by atoms with Crippen molar-refractivity contribution in [3.05, 3.63) is 11.0 Å². The van der Waals surface area contributed by atoms with E-state index in [-0.39, 0.29) is 12.3 Å². The largest absolute Gasteiger partial charge is 0.354 e. The van der Waals surface area contributed by atoms with Crippen LogP contribution in [0.25, 0.3) is 11.2 Å². The summed E-state index contributed by atoms with van der Waals surface area (Å²) in [6.07, 6.45) is 2.73. The maximum atomic E-state index is 6.31. The molecule has 2 aromatic rings. The normalized spacial score (nSPS) is 27.2. The summed E-state index contributed by atoms with van der Waals surface area (Å²) in [5.41, 5.74) is 1.38. The number of aryl methyl sites for hydroxylation is 1. The van der Waals surface area contributed by atoms with Crippen LogP contribution in [0.15, 0.2) is 11.5 Å². The molecule has 0 amide bonds. The van der Waals surface area contributed by atoms with Crippen LogP contribution in [0.5, 0.6) is 0 Å². The van der Waals surface area contributed by atoms with Crippen LogP contribution in [-0.4, -0.2) is 32.3 Å². The van der Waals surface area contributed by atoms with Gasteiger partial charge in [-0.15, -0.1) is 0 Å². The summed E-state index contributed by atoms with van der Waals surface area (Å²) in [7, 11) is 3.32. The summed E-state index contributed by atoms with van der Waals surface area (Å²) < 4.78 is 15.7. The molecule has 24 heavy (non-hydrogen) atoms. The van der Waals surface area contributed by atoms with Gasteiger partial charge in [-0.3, -0.25) is 4.57 Å². The molecule has 0 unspecified atom stereocenters. The monoisotopic (exact) mass is 370 g/mol. The zero-order valence-electron chi connectivity index (χ0n) is 14.4. The molecule has 7 nitrogen and oxygen atoms in total. The average molecular weight is 371 g/mol. The molecule has 4 atom stereocenters. The second-order valence-electron chi connectivity index (χ2n) is 6.11. The van der Waals surface area contributed by atoms with Gasteiger partial charge in [-0.2, -0.15) is 4.33 Å². The molecule has 0 N–H and O–H groups in total. The van der Waals surface area contributed by atoms with Crippen molar-refractivity contribution in [1.29, 1.82) is 0 Å². The van der Waals surface area contributed by atoms with E-state index in [9.17, 15) is 0 Å². The first-order valence-corrected chi connectivity index (χ1v) is 9.10. The summed E-state index contributed by atoms with van der Waals surface area (Å²) in [4.78, 5) is 13.9. The van der Waals surface area contributed by atoms with Gasteiger partial charge in [0.25, 0.3) is 0 Å². The van der Waals surface area contributed by atoms with E-state index in [0.29, 0.717) is 32.8 Å². The third-order valence-corrected chi connectivity index (χ3v) is 5.87. The van der Waals surface area contributed by atoms with Gasteiger partial charge in [0, 0.05) is 13.0 Å². The highest BCUT2D eigenvalue weighted by Gasteiger charge is 2.41. The van der Waals surface area contributed by atoms with E-state index in [0.717, 1.165) is 18.5 Å². The van der Waals surface area contributed by atoms with Crippen LogP contribution in [0.4, 0.5) is 0 Å². The Morgan fingerprint density at radius 2 is 2.12 bits per heavy atom. The molecule has 9 heteroatoms. The predicted molar refractivity (Wildman–Crippen MR) is 93.8 cm³/mol. The van der Waals surface area contributed by atoms with Crippen molar-refractivity contribution in [3.63, 3.8) is 0 Å². The van der Waals surface area contributed by atoms with Crippen LogP contribution < -0.4 is 0 Å². The number of hydrogen-bond acceptors (Lipinski definition) is 7. The Kier molecular flexibility index (Phi) is 5.26. The molecule has 3 heterocycles. The Bertz CT molecular complexity index is 791. The molecule has 0 aromatic carbocycles. The number of aromatic nitrogens is 4. The Morgan fingerprint density at radius 3 is 2.75 bits per heavy atom. The van der Waals surface area contributed by atoms with Crippen molar-refractivity contribution >= 4 is 35.4 Å². The Hall–Kier alpha value is -1.00. The number of rotatable bonds is 5. The lowest BCUT2D eigenvalue weighted by molar-refractivity contribution is -0.160. The number of fused-ring (bicyclic) bond motifs is 1. The van der Waals surface area contributed by atoms with Gasteiger partial charge in [0.2, 0.25) is 5.16 Å². The van der Waals surface area contributed by atoms with Gasteiger partial charge in [0.1, 0.15) is 28.4 Å². The maximum Gasteiger partial charge on any atom is 0.203 e. The van der Waals surface area contributed by atoms with E-state index in [2.05, 4.69) is 30.7 Å². The first-order chi connectivity index (χ1) is 11.5. The molecular formula is C15H22N4O3S2. The molecule has 1 fully saturated rings. The predicted octanol–water partition coefficient (Wildman–Crippen LogP) is 3.66. The van der Waals surface area contributed by atoms with Gasteiger partial charge < -0.3 is 9.30 Å². The van der Waals surface area contributed by atoms with Crippen LogP contribution in [0.1, 0.15) is 33.4 Å². The highest BCUT2D eigenvalue weighted by Crippen LogP contribution is 2.43. The summed E-state index contributed by atoms with van der Waals surface area (Å²) in [6.45, 7) is 6.56. The molecule has 0 bridgehead atoms. The van der Waals surface area contributed by atoms with E-state index in [1.165, 1.54) is 7.11 Å². The zero-order chi connectivity index (χ0) is 17.4. The highest BCUT2D eigenvalue weighted by molar-refractivity contribution is 7.94. The standard InChI is InChI=1S/C15H22N4O3S2/c1-6-10-8(2)9(3)13(21-10)19-12-11(14(23)18(4)7-16-12)17-15(19)24-22-20-5/h7-10,13H,6H2,1-5H3/t8-,9+,10+,13+/m0/s1. The molecule has 0 spiro atoms. The maximum absolute atomic E-state index is 6.31. The van der Waals surface area contributed by atoms with Crippen molar-refractivity contribution in [2.45, 2.75) is 44.7 Å². The van der Waals surface area contributed by atoms with Gasteiger partial charge in [-0.25, -0.2) is 14.9 Å². The van der Waals surface area contributed by atoms with Gasteiger partial charge in [-0.1, -0.05) is 33.0 Å².